The van der Waals surface area contributed by atoms with Crippen molar-refractivity contribution in [2.75, 3.05) is 24.2 Å². The Bertz CT molecular complexity index is 939. The summed E-state index contributed by atoms with van der Waals surface area (Å²) in [5, 5.41) is 3.11. The molecule has 1 atom stereocenters. The summed E-state index contributed by atoms with van der Waals surface area (Å²) in [5.74, 6) is 1.10. The van der Waals surface area contributed by atoms with Crippen LogP contribution in [0.4, 0.5) is 5.69 Å². The standard InChI is InChI=1S/C24H34N2O4S/c1-18(2)17-23(20-10-14-22(30-4)15-11-20)25-24(27)7-6-16-26(31(5,28)29)21-12-8-19(3)9-13-21/h8-15,18,23H,6-7,16-17H2,1-5H3,(H,25,27). The smallest absolute Gasteiger partial charge is 0.232 e. The van der Waals surface area contributed by atoms with E-state index in [1.54, 1.807) is 19.2 Å². The van der Waals surface area contributed by atoms with Crippen LogP contribution in [0.5, 0.6) is 5.75 Å². The van der Waals surface area contributed by atoms with Gasteiger partial charge in [-0.15, -0.1) is 0 Å². The highest BCUT2D eigenvalue weighted by Gasteiger charge is 2.19. The van der Waals surface area contributed by atoms with Crippen LogP contribution < -0.4 is 14.4 Å². The maximum absolute atomic E-state index is 12.6. The van der Waals surface area contributed by atoms with Crippen LogP contribution in [0.3, 0.4) is 0 Å². The van der Waals surface area contributed by atoms with Gasteiger partial charge in [-0.05, 0) is 55.5 Å². The summed E-state index contributed by atoms with van der Waals surface area (Å²) in [6, 6.07) is 15.0. The number of ether oxygens (including phenoxy) is 1. The van der Waals surface area contributed by atoms with E-state index in [2.05, 4.69) is 19.2 Å². The van der Waals surface area contributed by atoms with Crippen LogP contribution in [0.2, 0.25) is 0 Å². The zero-order chi connectivity index (χ0) is 23.0. The van der Waals surface area contributed by atoms with Crippen molar-refractivity contribution in [3.63, 3.8) is 0 Å². The van der Waals surface area contributed by atoms with Crippen LogP contribution in [-0.2, 0) is 14.8 Å². The van der Waals surface area contributed by atoms with E-state index < -0.39 is 10.0 Å². The van der Waals surface area contributed by atoms with Crippen molar-refractivity contribution in [3.8, 4) is 5.75 Å². The lowest BCUT2D eigenvalue weighted by Gasteiger charge is -2.24. The van der Waals surface area contributed by atoms with Gasteiger partial charge in [0.15, 0.2) is 0 Å². The lowest BCUT2D eigenvalue weighted by atomic mass is 9.96. The third-order valence-corrected chi connectivity index (χ3v) is 6.24. The Kier molecular flexibility index (Phi) is 8.92. The molecule has 2 aromatic carbocycles. The molecule has 7 heteroatoms. The highest BCUT2D eigenvalue weighted by Crippen LogP contribution is 2.24. The van der Waals surface area contributed by atoms with Crippen molar-refractivity contribution in [1.82, 2.24) is 5.32 Å². The fourth-order valence-corrected chi connectivity index (χ4v) is 4.40. The molecule has 0 aliphatic carbocycles. The van der Waals surface area contributed by atoms with Crippen LogP contribution in [0.1, 0.15) is 50.3 Å². The SMILES string of the molecule is COc1ccc(C(CC(C)C)NC(=O)CCCN(c2ccc(C)cc2)S(C)(=O)=O)cc1. The van der Waals surface area contributed by atoms with Gasteiger partial charge in [0.05, 0.1) is 25.1 Å². The van der Waals surface area contributed by atoms with Gasteiger partial charge in [-0.1, -0.05) is 43.7 Å². The second-order valence-corrected chi connectivity index (χ2v) is 10.2. The molecule has 0 saturated carbocycles. The molecule has 0 bridgehead atoms. The van der Waals surface area contributed by atoms with E-state index in [-0.39, 0.29) is 24.9 Å². The third kappa shape index (κ3) is 7.90. The average Bonchev–Trinajstić information content (AvgIpc) is 2.70. The van der Waals surface area contributed by atoms with E-state index in [4.69, 9.17) is 4.74 Å². The summed E-state index contributed by atoms with van der Waals surface area (Å²) in [4.78, 5) is 12.6. The first kappa shape index (κ1) is 24.7. The minimum Gasteiger partial charge on any atom is -0.497 e. The number of carbonyl (C=O) groups is 1. The Balaban J connectivity index is 2.00. The molecule has 0 fully saturated rings. The van der Waals surface area contributed by atoms with Crippen LogP contribution in [0.15, 0.2) is 48.5 Å². The molecular formula is C24H34N2O4S. The molecule has 0 heterocycles. The van der Waals surface area contributed by atoms with Gasteiger partial charge < -0.3 is 10.1 Å². The van der Waals surface area contributed by atoms with Gasteiger partial charge >= 0.3 is 0 Å². The highest BCUT2D eigenvalue weighted by molar-refractivity contribution is 7.92. The van der Waals surface area contributed by atoms with Gasteiger partial charge in [-0.25, -0.2) is 8.42 Å². The number of hydrogen-bond donors (Lipinski definition) is 1. The van der Waals surface area contributed by atoms with Gasteiger partial charge in [0.25, 0.3) is 0 Å². The minimum atomic E-state index is -3.43. The molecule has 31 heavy (non-hydrogen) atoms. The molecule has 1 N–H and O–H groups in total. The van der Waals surface area contributed by atoms with Crippen molar-refractivity contribution in [3.05, 3.63) is 59.7 Å². The second kappa shape index (κ2) is 11.2. The van der Waals surface area contributed by atoms with Crippen molar-refractivity contribution in [1.29, 1.82) is 0 Å². The van der Waals surface area contributed by atoms with Gasteiger partial charge in [0, 0.05) is 13.0 Å². The number of rotatable bonds is 11. The minimum absolute atomic E-state index is 0.0844. The molecule has 0 aliphatic rings. The number of nitrogens with one attached hydrogen (secondary N) is 1. The highest BCUT2D eigenvalue weighted by atomic mass is 32.2. The third-order valence-electron chi connectivity index (χ3n) is 5.05. The predicted octanol–water partition coefficient (Wildman–Crippen LogP) is 4.45. The fourth-order valence-electron chi connectivity index (χ4n) is 3.43. The summed E-state index contributed by atoms with van der Waals surface area (Å²) < 4.78 is 31.1. The van der Waals surface area contributed by atoms with Gasteiger partial charge in [0.2, 0.25) is 15.9 Å². The number of amides is 1. The molecule has 0 saturated heterocycles. The number of sulfonamides is 1. The van der Waals surface area contributed by atoms with Gasteiger partial charge in [-0.2, -0.15) is 0 Å². The Morgan fingerprint density at radius 1 is 1.06 bits per heavy atom. The number of benzene rings is 2. The quantitative estimate of drug-likeness (QED) is 0.553. The zero-order valence-corrected chi connectivity index (χ0v) is 19.9. The Morgan fingerprint density at radius 3 is 2.19 bits per heavy atom. The van der Waals surface area contributed by atoms with Crippen LogP contribution in [0, 0.1) is 12.8 Å². The monoisotopic (exact) mass is 446 g/mol. The first-order valence-corrected chi connectivity index (χ1v) is 12.4. The summed E-state index contributed by atoms with van der Waals surface area (Å²) in [5.41, 5.74) is 2.70. The molecule has 1 unspecified atom stereocenters. The summed E-state index contributed by atoms with van der Waals surface area (Å²) >= 11 is 0. The van der Waals surface area contributed by atoms with Crippen molar-refractivity contribution in [2.45, 2.75) is 46.1 Å². The molecule has 0 spiro atoms. The van der Waals surface area contributed by atoms with Gasteiger partial charge in [-0.3, -0.25) is 9.10 Å². The predicted molar refractivity (Wildman–Crippen MR) is 126 cm³/mol. The molecule has 0 aromatic heterocycles. The largest absolute Gasteiger partial charge is 0.497 e. The van der Waals surface area contributed by atoms with E-state index in [1.165, 1.54) is 10.6 Å². The molecule has 0 aliphatic heterocycles. The number of nitrogens with zero attached hydrogens (tertiary/aromatic N) is 1. The topological polar surface area (TPSA) is 75.7 Å². The van der Waals surface area contributed by atoms with E-state index in [0.717, 1.165) is 23.3 Å². The summed E-state index contributed by atoms with van der Waals surface area (Å²) in [6.07, 6.45) is 2.69. The average molecular weight is 447 g/mol. The molecule has 1 amide bonds. The normalized spacial score (nSPS) is 12.5. The molecule has 2 aromatic rings. The first-order chi connectivity index (χ1) is 14.6. The molecule has 0 radical (unpaired) electrons. The van der Waals surface area contributed by atoms with Crippen molar-refractivity contribution < 1.29 is 17.9 Å². The number of aryl methyl sites for hydroxylation is 1. The Morgan fingerprint density at radius 2 is 1.68 bits per heavy atom. The fraction of sp³-hybridized carbons (Fsp3) is 0.458. The zero-order valence-electron chi connectivity index (χ0n) is 19.1. The molecule has 170 valence electrons. The number of methoxy groups -OCH3 is 1. The van der Waals surface area contributed by atoms with E-state index in [0.29, 0.717) is 18.0 Å². The lowest BCUT2D eigenvalue weighted by molar-refractivity contribution is -0.122. The first-order valence-electron chi connectivity index (χ1n) is 10.6. The van der Waals surface area contributed by atoms with E-state index >= 15 is 0 Å². The Hall–Kier alpha value is -2.54. The van der Waals surface area contributed by atoms with Crippen molar-refractivity contribution in [2.24, 2.45) is 5.92 Å². The molecule has 6 nitrogen and oxygen atoms in total. The number of anilines is 1. The summed E-state index contributed by atoms with van der Waals surface area (Å²) in [7, 11) is -1.80. The van der Waals surface area contributed by atoms with Crippen LogP contribution >= 0.6 is 0 Å². The summed E-state index contributed by atoms with van der Waals surface area (Å²) in [6.45, 7) is 6.45. The number of hydrogen-bond acceptors (Lipinski definition) is 4. The Labute approximate surface area is 186 Å². The molecular weight excluding hydrogens is 412 g/mol. The van der Waals surface area contributed by atoms with Crippen LogP contribution in [0.25, 0.3) is 0 Å². The van der Waals surface area contributed by atoms with Crippen molar-refractivity contribution >= 4 is 21.6 Å². The molecule has 2 rings (SSSR count). The van der Waals surface area contributed by atoms with Crippen LogP contribution in [-0.4, -0.2) is 34.2 Å². The van der Waals surface area contributed by atoms with Gasteiger partial charge in [0.1, 0.15) is 5.75 Å². The number of carbonyl (C=O) groups excluding carboxylic acids is 1. The lowest BCUT2D eigenvalue weighted by Crippen LogP contribution is -2.33. The van der Waals surface area contributed by atoms with E-state index in [1.807, 2.05) is 43.3 Å². The van der Waals surface area contributed by atoms with E-state index in [9.17, 15) is 13.2 Å². The maximum Gasteiger partial charge on any atom is 0.232 e. The second-order valence-electron chi connectivity index (χ2n) is 8.30. The maximum atomic E-state index is 12.6.